The molecule has 0 unspecified atom stereocenters. The Morgan fingerprint density at radius 3 is 2.67 bits per heavy atom. The number of nitrogens with one attached hydrogen (secondary N) is 2. The lowest BCUT2D eigenvalue weighted by molar-refractivity contribution is 0.120. The molecule has 0 spiro atoms. The number of ether oxygens (including phenoxy) is 1. The molecule has 1 fully saturated rings. The van der Waals surface area contributed by atoms with Gasteiger partial charge in [-0.15, -0.1) is 0 Å². The van der Waals surface area contributed by atoms with E-state index in [-0.39, 0.29) is 6.10 Å². The SMILES string of the molecule is CCNC(=NCCc1ccccc1OCC)NC1CCC(O)CC1. The Kier molecular flexibility index (Phi) is 7.89. The molecule has 134 valence electrons. The van der Waals surface area contributed by atoms with Crippen LogP contribution in [0.15, 0.2) is 29.3 Å². The first-order chi connectivity index (χ1) is 11.7. The first-order valence-electron chi connectivity index (χ1n) is 9.16. The van der Waals surface area contributed by atoms with Crippen LogP contribution in [0.5, 0.6) is 5.75 Å². The van der Waals surface area contributed by atoms with Crippen molar-refractivity contribution >= 4 is 5.96 Å². The van der Waals surface area contributed by atoms with Crippen molar-refractivity contribution in [2.24, 2.45) is 4.99 Å². The van der Waals surface area contributed by atoms with E-state index >= 15 is 0 Å². The number of hydrogen-bond donors (Lipinski definition) is 3. The molecule has 1 aromatic rings. The fourth-order valence-electron chi connectivity index (χ4n) is 3.03. The van der Waals surface area contributed by atoms with E-state index in [0.29, 0.717) is 12.6 Å². The summed E-state index contributed by atoms with van der Waals surface area (Å²) in [7, 11) is 0. The van der Waals surface area contributed by atoms with Gasteiger partial charge in [-0.3, -0.25) is 4.99 Å². The van der Waals surface area contributed by atoms with E-state index in [1.807, 2.05) is 25.1 Å². The van der Waals surface area contributed by atoms with Crippen LogP contribution < -0.4 is 15.4 Å². The van der Waals surface area contributed by atoms with Crippen molar-refractivity contribution in [2.45, 2.75) is 58.1 Å². The minimum absolute atomic E-state index is 0.127. The standard InChI is InChI=1S/C19H31N3O2/c1-3-20-19(22-16-9-11-17(23)12-10-16)21-14-13-15-7-5-6-8-18(15)24-4-2/h5-8,16-17,23H,3-4,9-14H2,1-2H3,(H2,20,21,22). The molecule has 0 aromatic heterocycles. The Bertz CT molecular complexity index is 511. The van der Waals surface area contributed by atoms with Crippen molar-refractivity contribution in [1.82, 2.24) is 10.6 Å². The lowest BCUT2D eigenvalue weighted by Crippen LogP contribution is -2.45. The van der Waals surface area contributed by atoms with Gasteiger partial charge in [0.25, 0.3) is 0 Å². The van der Waals surface area contributed by atoms with E-state index in [0.717, 1.165) is 56.9 Å². The van der Waals surface area contributed by atoms with Crippen LogP contribution in [0.1, 0.15) is 45.1 Å². The minimum atomic E-state index is -0.127. The molecule has 1 aliphatic carbocycles. The van der Waals surface area contributed by atoms with Crippen LogP contribution in [0.25, 0.3) is 0 Å². The average molecular weight is 333 g/mol. The summed E-state index contributed by atoms with van der Waals surface area (Å²) in [6.07, 6.45) is 4.48. The maximum absolute atomic E-state index is 9.62. The molecule has 0 bridgehead atoms. The first kappa shape index (κ1) is 18.6. The molecule has 0 saturated heterocycles. The van der Waals surface area contributed by atoms with Crippen molar-refractivity contribution in [3.8, 4) is 5.75 Å². The van der Waals surface area contributed by atoms with Crippen molar-refractivity contribution < 1.29 is 9.84 Å². The number of hydrogen-bond acceptors (Lipinski definition) is 3. The first-order valence-corrected chi connectivity index (χ1v) is 9.16. The molecular formula is C19H31N3O2. The van der Waals surface area contributed by atoms with Crippen molar-refractivity contribution in [1.29, 1.82) is 0 Å². The van der Waals surface area contributed by atoms with Crippen LogP contribution in [0.4, 0.5) is 0 Å². The molecule has 5 nitrogen and oxygen atoms in total. The summed E-state index contributed by atoms with van der Waals surface area (Å²) in [5.41, 5.74) is 1.19. The highest BCUT2D eigenvalue weighted by Crippen LogP contribution is 2.19. The number of aliphatic imine (C=N–C) groups is 1. The van der Waals surface area contributed by atoms with Crippen molar-refractivity contribution in [2.75, 3.05) is 19.7 Å². The number of nitrogens with zero attached hydrogens (tertiary/aromatic N) is 1. The molecule has 3 N–H and O–H groups in total. The summed E-state index contributed by atoms with van der Waals surface area (Å²) in [5, 5.41) is 16.4. The Morgan fingerprint density at radius 2 is 1.96 bits per heavy atom. The fraction of sp³-hybridized carbons (Fsp3) is 0.632. The van der Waals surface area contributed by atoms with Crippen molar-refractivity contribution in [3.05, 3.63) is 29.8 Å². The molecule has 1 saturated carbocycles. The summed E-state index contributed by atoms with van der Waals surface area (Å²) < 4.78 is 5.67. The highest BCUT2D eigenvalue weighted by atomic mass is 16.5. The maximum atomic E-state index is 9.62. The number of aliphatic hydroxyl groups is 1. The third kappa shape index (κ3) is 6.04. The van der Waals surface area contributed by atoms with Gasteiger partial charge in [0.15, 0.2) is 5.96 Å². The monoisotopic (exact) mass is 333 g/mol. The molecule has 1 aliphatic rings. The number of rotatable bonds is 7. The Labute approximate surface area is 145 Å². The van der Waals surface area contributed by atoms with Crippen LogP contribution >= 0.6 is 0 Å². The van der Waals surface area contributed by atoms with E-state index in [9.17, 15) is 5.11 Å². The fourth-order valence-corrected chi connectivity index (χ4v) is 3.03. The predicted molar refractivity (Wildman–Crippen MR) is 98.7 cm³/mol. The predicted octanol–water partition coefficient (Wildman–Crippen LogP) is 2.49. The van der Waals surface area contributed by atoms with Crippen LogP contribution in [0, 0.1) is 0 Å². The number of para-hydroxylation sites is 1. The Morgan fingerprint density at radius 1 is 1.21 bits per heavy atom. The third-order valence-corrected chi connectivity index (χ3v) is 4.31. The second kappa shape index (κ2) is 10.2. The molecule has 0 heterocycles. The lowest BCUT2D eigenvalue weighted by Gasteiger charge is -2.27. The van der Waals surface area contributed by atoms with E-state index in [1.165, 1.54) is 5.56 Å². The maximum Gasteiger partial charge on any atom is 0.191 e. The summed E-state index contributed by atoms with van der Waals surface area (Å²) >= 11 is 0. The van der Waals surface area contributed by atoms with Gasteiger partial charge in [-0.1, -0.05) is 18.2 Å². The molecule has 0 radical (unpaired) electrons. The molecule has 1 aromatic carbocycles. The van der Waals surface area contributed by atoms with Gasteiger partial charge in [0.1, 0.15) is 5.75 Å². The zero-order chi connectivity index (χ0) is 17.2. The van der Waals surface area contributed by atoms with Crippen LogP contribution in [0.2, 0.25) is 0 Å². The zero-order valence-corrected chi connectivity index (χ0v) is 14.9. The third-order valence-electron chi connectivity index (χ3n) is 4.31. The Balaban J connectivity index is 1.89. The second-order valence-corrected chi connectivity index (χ2v) is 6.20. The highest BCUT2D eigenvalue weighted by Gasteiger charge is 2.19. The van der Waals surface area contributed by atoms with E-state index in [2.05, 4.69) is 23.6 Å². The number of aliphatic hydroxyl groups excluding tert-OH is 1. The van der Waals surface area contributed by atoms with Gasteiger partial charge in [-0.25, -0.2) is 0 Å². The average Bonchev–Trinajstić information content (AvgIpc) is 2.59. The number of benzene rings is 1. The van der Waals surface area contributed by atoms with Gasteiger partial charge in [0, 0.05) is 19.1 Å². The molecule has 0 amide bonds. The Hall–Kier alpha value is -1.75. The van der Waals surface area contributed by atoms with Crippen molar-refractivity contribution in [3.63, 3.8) is 0 Å². The van der Waals surface area contributed by atoms with Crippen LogP contribution in [-0.2, 0) is 6.42 Å². The topological polar surface area (TPSA) is 65.9 Å². The summed E-state index contributed by atoms with van der Waals surface area (Å²) in [4.78, 5) is 4.70. The molecule has 0 atom stereocenters. The quantitative estimate of drug-likeness (QED) is 0.530. The van der Waals surface area contributed by atoms with Gasteiger partial charge in [0.2, 0.25) is 0 Å². The minimum Gasteiger partial charge on any atom is -0.494 e. The van der Waals surface area contributed by atoms with E-state index < -0.39 is 0 Å². The summed E-state index contributed by atoms with van der Waals surface area (Å²) in [6, 6.07) is 8.56. The highest BCUT2D eigenvalue weighted by molar-refractivity contribution is 5.80. The molecule has 2 rings (SSSR count). The van der Waals surface area contributed by atoms with Gasteiger partial charge >= 0.3 is 0 Å². The number of guanidine groups is 1. The second-order valence-electron chi connectivity index (χ2n) is 6.20. The summed E-state index contributed by atoms with van der Waals surface area (Å²) in [6.45, 7) is 6.32. The van der Waals surface area contributed by atoms with Crippen LogP contribution in [-0.4, -0.2) is 42.9 Å². The normalized spacial score (nSPS) is 21.4. The van der Waals surface area contributed by atoms with Gasteiger partial charge in [-0.2, -0.15) is 0 Å². The van der Waals surface area contributed by atoms with E-state index in [4.69, 9.17) is 9.73 Å². The smallest absolute Gasteiger partial charge is 0.191 e. The zero-order valence-electron chi connectivity index (χ0n) is 14.9. The molecule has 5 heteroatoms. The largest absolute Gasteiger partial charge is 0.494 e. The van der Waals surface area contributed by atoms with Gasteiger partial charge in [-0.05, 0) is 57.6 Å². The van der Waals surface area contributed by atoms with E-state index in [1.54, 1.807) is 0 Å². The van der Waals surface area contributed by atoms with Gasteiger partial charge < -0.3 is 20.5 Å². The van der Waals surface area contributed by atoms with Gasteiger partial charge in [0.05, 0.1) is 12.7 Å². The molecular weight excluding hydrogens is 302 g/mol. The summed E-state index contributed by atoms with van der Waals surface area (Å²) in [5.74, 6) is 1.82. The molecule has 24 heavy (non-hydrogen) atoms. The lowest BCUT2D eigenvalue weighted by atomic mass is 9.93. The van der Waals surface area contributed by atoms with Crippen LogP contribution in [0.3, 0.4) is 0 Å². The molecule has 0 aliphatic heterocycles.